The number of sulfonamides is 1. The van der Waals surface area contributed by atoms with E-state index in [9.17, 15) is 13.5 Å². The number of aromatic hydroxyl groups is 1. The van der Waals surface area contributed by atoms with Gasteiger partial charge in [-0.15, -0.1) is 0 Å². The smallest absolute Gasteiger partial charge is 0.229 e. The topological polar surface area (TPSA) is 79.3 Å². The molecule has 0 saturated carbocycles. The van der Waals surface area contributed by atoms with Crippen LogP contribution in [0.15, 0.2) is 42.6 Å². The number of hydrogen-bond acceptors (Lipinski definition) is 4. The maximum atomic E-state index is 11.5. The van der Waals surface area contributed by atoms with Gasteiger partial charge < -0.3 is 5.11 Å². The number of anilines is 1. The monoisotopic (exact) mass is 288 g/mol. The van der Waals surface area contributed by atoms with Gasteiger partial charge in [0.05, 0.1) is 17.5 Å². The van der Waals surface area contributed by atoms with E-state index in [0.29, 0.717) is 16.5 Å². The molecule has 0 unspecified atom stereocenters. The highest BCUT2D eigenvalue weighted by atomic mass is 32.2. The van der Waals surface area contributed by atoms with Crippen molar-refractivity contribution in [2.45, 2.75) is 0 Å². The van der Waals surface area contributed by atoms with Crippen molar-refractivity contribution in [3.8, 4) is 5.75 Å². The second-order valence-corrected chi connectivity index (χ2v) is 6.35. The van der Waals surface area contributed by atoms with Crippen molar-refractivity contribution < 1.29 is 13.5 Å². The Morgan fingerprint density at radius 3 is 2.70 bits per heavy atom. The van der Waals surface area contributed by atoms with Crippen molar-refractivity contribution in [2.75, 3.05) is 11.0 Å². The van der Waals surface area contributed by atoms with Crippen LogP contribution in [-0.4, -0.2) is 24.8 Å². The first-order valence-electron chi connectivity index (χ1n) is 5.92. The minimum absolute atomic E-state index is 0.112. The molecule has 0 aliphatic carbocycles. The molecule has 2 N–H and O–H groups in total. The minimum Gasteiger partial charge on any atom is -0.508 e. The van der Waals surface area contributed by atoms with E-state index in [1.807, 2.05) is 6.07 Å². The summed E-state index contributed by atoms with van der Waals surface area (Å²) in [6, 6.07) is 10.1. The van der Waals surface area contributed by atoms with Crippen LogP contribution >= 0.6 is 0 Å². The second-order valence-electron chi connectivity index (χ2n) is 4.60. The average Bonchev–Trinajstić information content (AvgIpc) is 2.37. The van der Waals surface area contributed by atoms with Crippen molar-refractivity contribution in [2.24, 2.45) is 0 Å². The molecule has 102 valence electrons. The number of nitrogens with zero attached hydrogens (tertiary/aromatic N) is 1. The van der Waals surface area contributed by atoms with Crippen LogP contribution in [0.3, 0.4) is 0 Å². The van der Waals surface area contributed by atoms with Crippen LogP contribution in [-0.2, 0) is 10.0 Å². The van der Waals surface area contributed by atoms with Gasteiger partial charge in [-0.05, 0) is 30.3 Å². The van der Waals surface area contributed by atoms with Gasteiger partial charge in [-0.2, -0.15) is 0 Å². The predicted molar refractivity (Wildman–Crippen MR) is 79.4 cm³/mol. The molecule has 0 aliphatic heterocycles. The van der Waals surface area contributed by atoms with E-state index < -0.39 is 10.0 Å². The van der Waals surface area contributed by atoms with E-state index in [1.165, 1.54) is 6.07 Å². The number of fused-ring (bicyclic) bond motifs is 3. The normalized spacial score (nSPS) is 11.8. The van der Waals surface area contributed by atoms with Crippen molar-refractivity contribution in [1.29, 1.82) is 0 Å². The standard InChI is InChI=1S/C14H12N2O3S/c1-20(18,19)16-13-7-9-3-2-6-15-14(9)12-8-10(17)4-5-11(12)13/h2-8,16-17H,1H3. The molecule has 2 aromatic carbocycles. The van der Waals surface area contributed by atoms with E-state index >= 15 is 0 Å². The lowest BCUT2D eigenvalue weighted by Crippen LogP contribution is -2.09. The molecule has 0 aliphatic rings. The minimum atomic E-state index is -3.38. The summed E-state index contributed by atoms with van der Waals surface area (Å²) >= 11 is 0. The van der Waals surface area contributed by atoms with Gasteiger partial charge in [0.15, 0.2) is 0 Å². The first-order valence-corrected chi connectivity index (χ1v) is 7.81. The highest BCUT2D eigenvalue weighted by Gasteiger charge is 2.11. The van der Waals surface area contributed by atoms with Gasteiger partial charge in [0.2, 0.25) is 10.0 Å². The maximum absolute atomic E-state index is 11.5. The third-order valence-electron chi connectivity index (χ3n) is 2.98. The first-order chi connectivity index (χ1) is 9.44. The fourth-order valence-electron chi connectivity index (χ4n) is 2.24. The summed E-state index contributed by atoms with van der Waals surface area (Å²) in [7, 11) is -3.38. The highest BCUT2D eigenvalue weighted by molar-refractivity contribution is 7.92. The van der Waals surface area contributed by atoms with Crippen molar-refractivity contribution in [3.05, 3.63) is 42.6 Å². The zero-order valence-electron chi connectivity index (χ0n) is 10.7. The molecule has 20 heavy (non-hydrogen) atoms. The lowest BCUT2D eigenvalue weighted by molar-refractivity contribution is 0.476. The van der Waals surface area contributed by atoms with Gasteiger partial charge in [-0.3, -0.25) is 9.71 Å². The summed E-state index contributed by atoms with van der Waals surface area (Å²) in [4.78, 5) is 4.30. The molecule has 1 aromatic heterocycles. The largest absolute Gasteiger partial charge is 0.508 e. The van der Waals surface area contributed by atoms with Crippen LogP contribution in [0.2, 0.25) is 0 Å². The number of nitrogens with one attached hydrogen (secondary N) is 1. The second kappa shape index (κ2) is 4.35. The molecular weight excluding hydrogens is 276 g/mol. The molecule has 0 saturated heterocycles. The van der Waals surface area contributed by atoms with Gasteiger partial charge in [-0.25, -0.2) is 8.42 Å². The number of hydrogen-bond donors (Lipinski definition) is 2. The molecule has 6 heteroatoms. The van der Waals surface area contributed by atoms with Crippen LogP contribution < -0.4 is 4.72 Å². The number of phenolic OH excluding ortho intramolecular Hbond substituents is 1. The molecule has 1 heterocycles. The molecule has 0 atom stereocenters. The summed E-state index contributed by atoms with van der Waals surface area (Å²) in [6.07, 6.45) is 2.77. The Morgan fingerprint density at radius 1 is 1.15 bits per heavy atom. The van der Waals surface area contributed by atoms with Gasteiger partial charge in [0.25, 0.3) is 0 Å². The Bertz CT molecular complexity index is 920. The number of phenols is 1. The van der Waals surface area contributed by atoms with Gasteiger partial charge in [-0.1, -0.05) is 6.07 Å². The lowest BCUT2D eigenvalue weighted by Gasteiger charge is -2.11. The number of rotatable bonds is 2. The zero-order chi connectivity index (χ0) is 14.3. The van der Waals surface area contributed by atoms with Crippen LogP contribution in [0.5, 0.6) is 5.75 Å². The Hall–Kier alpha value is -2.34. The summed E-state index contributed by atoms with van der Waals surface area (Å²) in [5, 5.41) is 11.8. The molecule has 3 rings (SSSR count). The van der Waals surface area contributed by atoms with Crippen LogP contribution in [0.4, 0.5) is 5.69 Å². The van der Waals surface area contributed by atoms with E-state index in [1.54, 1.807) is 30.5 Å². The molecule has 0 bridgehead atoms. The number of pyridine rings is 1. The molecule has 0 spiro atoms. The van der Waals surface area contributed by atoms with E-state index in [4.69, 9.17) is 0 Å². The van der Waals surface area contributed by atoms with Crippen LogP contribution in [0, 0.1) is 0 Å². The Labute approximate surface area is 115 Å². The van der Waals surface area contributed by atoms with Crippen molar-refractivity contribution >= 4 is 37.4 Å². The van der Waals surface area contributed by atoms with Crippen LogP contribution in [0.25, 0.3) is 21.7 Å². The molecule has 0 amide bonds. The van der Waals surface area contributed by atoms with Crippen molar-refractivity contribution in [1.82, 2.24) is 4.98 Å². The average molecular weight is 288 g/mol. The summed E-state index contributed by atoms with van der Waals surface area (Å²) in [6.45, 7) is 0. The fraction of sp³-hybridized carbons (Fsp3) is 0.0714. The number of benzene rings is 2. The molecule has 3 aromatic rings. The van der Waals surface area contributed by atoms with E-state index in [0.717, 1.165) is 17.2 Å². The van der Waals surface area contributed by atoms with E-state index in [2.05, 4.69) is 9.71 Å². The highest BCUT2D eigenvalue weighted by Crippen LogP contribution is 2.33. The quantitative estimate of drug-likeness (QED) is 0.710. The lowest BCUT2D eigenvalue weighted by atomic mass is 10.0. The summed E-state index contributed by atoms with van der Waals surface area (Å²) in [5.41, 5.74) is 1.19. The van der Waals surface area contributed by atoms with E-state index in [-0.39, 0.29) is 5.75 Å². The predicted octanol–water partition coefficient (Wildman–Crippen LogP) is 2.47. The molecular formula is C14H12N2O3S. The fourth-order valence-corrected chi connectivity index (χ4v) is 2.81. The Kier molecular flexibility index (Phi) is 2.76. The summed E-state index contributed by atoms with van der Waals surface area (Å²) < 4.78 is 25.4. The Morgan fingerprint density at radius 2 is 1.95 bits per heavy atom. The van der Waals surface area contributed by atoms with Gasteiger partial charge >= 0.3 is 0 Å². The number of aromatic nitrogens is 1. The third kappa shape index (κ3) is 2.25. The zero-order valence-corrected chi connectivity index (χ0v) is 11.5. The molecule has 0 fully saturated rings. The first kappa shape index (κ1) is 12.7. The maximum Gasteiger partial charge on any atom is 0.229 e. The van der Waals surface area contributed by atoms with Crippen LogP contribution in [0.1, 0.15) is 0 Å². The third-order valence-corrected chi connectivity index (χ3v) is 3.57. The summed E-state index contributed by atoms with van der Waals surface area (Å²) in [5.74, 6) is 0.112. The van der Waals surface area contributed by atoms with Gasteiger partial charge in [0.1, 0.15) is 5.75 Å². The molecule has 5 nitrogen and oxygen atoms in total. The SMILES string of the molecule is CS(=O)(=O)Nc1cc2cccnc2c2cc(O)ccc12. The Balaban J connectivity index is 2.44. The van der Waals surface area contributed by atoms with Crippen molar-refractivity contribution in [3.63, 3.8) is 0 Å². The molecule has 0 radical (unpaired) electrons. The van der Waals surface area contributed by atoms with Gasteiger partial charge in [0, 0.05) is 22.4 Å².